The second kappa shape index (κ2) is 8.10. The van der Waals surface area contributed by atoms with Gasteiger partial charge in [-0.25, -0.2) is 0 Å². The molecule has 1 N–H and O–H groups in total. The number of fused-ring (bicyclic) bond motifs is 1. The maximum absolute atomic E-state index is 12.2. The van der Waals surface area contributed by atoms with Crippen LogP contribution in [-0.4, -0.2) is 16.2 Å². The molecular weight excluding hydrogens is 364 g/mol. The molecule has 0 aliphatic rings. The molecule has 1 amide bonds. The van der Waals surface area contributed by atoms with Gasteiger partial charge < -0.3 is 5.32 Å². The molecule has 0 spiro atoms. The van der Waals surface area contributed by atoms with E-state index in [1.54, 1.807) is 16.3 Å². The number of rotatable bonds is 6. The van der Waals surface area contributed by atoms with E-state index in [-0.39, 0.29) is 10.8 Å². The maximum atomic E-state index is 12.2. The quantitative estimate of drug-likeness (QED) is 0.675. The van der Waals surface area contributed by atoms with E-state index in [0.29, 0.717) is 12.3 Å². The summed E-state index contributed by atoms with van der Waals surface area (Å²) in [7, 11) is 0. The van der Waals surface area contributed by atoms with Gasteiger partial charge >= 0.3 is 4.87 Å². The highest BCUT2D eigenvalue weighted by Crippen LogP contribution is 2.22. The van der Waals surface area contributed by atoms with Gasteiger partial charge in [-0.15, -0.1) is 11.8 Å². The molecule has 0 atom stereocenters. The number of carbonyl (C=O) groups excluding carboxylic acids is 1. The molecule has 0 saturated carbocycles. The fourth-order valence-corrected chi connectivity index (χ4v) is 4.81. The summed E-state index contributed by atoms with van der Waals surface area (Å²) in [5.74, 6) is 1.19. The zero-order valence-corrected chi connectivity index (χ0v) is 16.8. The van der Waals surface area contributed by atoms with E-state index < -0.39 is 0 Å². The van der Waals surface area contributed by atoms with Crippen molar-refractivity contribution < 1.29 is 4.79 Å². The number of anilines is 1. The van der Waals surface area contributed by atoms with E-state index in [1.807, 2.05) is 25.1 Å². The van der Waals surface area contributed by atoms with Crippen LogP contribution in [-0.2, 0) is 17.1 Å². The summed E-state index contributed by atoms with van der Waals surface area (Å²) in [4.78, 5) is 24.2. The van der Waals surface area contributed by atoms with Crippen molar-refractivity contribution in [1.82, 2.24) is 4.57 Å². The largest absolute Gasteiger partial charge is 0.325 e. The molecule has 2 aromatic carbocycles. The summed E-state index contributed by atoms with van der Waals surface area (Å²) in [6.45, 7) is 6.78. The minimum Gasteiger partial charge on any atom is -0.325 e. The van der Waals surface area contributed by atoms with Crippen molar-refractivity contribution in [1.29, 1.82) is 0 Å². The van der Waals surface area contributed by atoms with Gasteiger partial charge in [0.15, 0.2) is 0 Å². The first-order valence-corrected chi connectivity index (χ1v) is 10.5. The first-order valence-electron chi connectivity index (χ1n) is 8.54. The number of nitrogens with zero attached hydrogens (tertiary/aromatic N) is 1. The minimum absolute atomic E-state index is 0.0269. The average molecular weight is 387 g/mol. The van der Waals surface area contributed by atoms with E-state index in [2.05, 4.69) is 37.4 Å². The Bertz CT molecular complexity index is 984. The predicted molar refractivity (Wildman–Crippen MR) is 112 cm³/mol. The molecule has 136 valence electrons. The van der Waals surface area contributed by atoms with E-state index in [9.17, 15) is 9.59 Å². The van der Waals surface area contributed by atoms with Crippen LogP contribution in [0.1, 0.15) is 23.6 Å². The number of thioether (sulfide) groups is 1. The molecule has 6 heteroatoms. The van der Waals surface area contributed by atoms with Gasteiger partial charge in [0.05, 0.1) is 16.0 Å². The van der Waals surface area contributed by atoms with Crippen molar-refractivity contribution >= 4 is 44.9 Å². The number of hydrogen-bond donors (Lipinski definition) is 1. The number of aryl methyl sites for hydroxylation is 3. The SMILES string of the molecule is CCn1c(=O)sc2cc(NC(=O)CSCc3cc(C)cc(C)c3)ccc21. The fourth-order valence-electron chi connectivity index (χ4n) is 3.05. The molecular formula is C20H22N2O2S2. The highest BCUT2D eigenvalue weighted by Gasteiger charge is 2.09. The number of benzene rings is 2. The molecule has 1 aromatic heterocycles. The van der Waals surface area contributed by atoms with Crippen LogP contribution in [0.25, 0.3) is 10.2 Å². The molecule has 3 rings (SSSR count). The molecule has 0 fully saturated rings. The Morgan fingerprint density at radius 2 is 1.88 bits per heavy atom. The highest BCUT2D eigenvalue weighted by molar-refractivity contribution is 7.99. The van der Waals surface area contributed by atoms with Crippen molar-refractivity contribution in [2.75, 3.05) is 11.1 Å². The molecule has 0 aliphatic heterocycles. The third-order valence-electron chi connectivity index (χ3n) is 4.05. The molecule has 0 bridgehead atoms. The lowest BCUT2D eigenvalue weighted by Gasteiger charge is -2.07. The standard InChI is InChI=1S/C20H22N2O2S2/c1-4-22-17-6-5-16(10-18(17)26-20(22)24)21-19(23)12-25-11-15-8-13(2)7-14(3)9-15/h5-10H,4,11-12H2,1-3H3,(H,21,23). The first kappa shape index (κ1) is 18.7. The van der Waals surface area contributed by atoms with Crippen molar-refractivity contribution in [2.45, 2.75) is 33.1 Å². The van der Waals surface area contributed by atoms with Gasteiger partial charge in [0.2, 0.25) is 5.91 Å². The number of carbonyl (C=O) groups is 1. The number of thiazole rings is 1. The lowest BCUT2D eigenvalue weighted by atomic mass is 10.1. The van der Waals surface area contributed by atoms with Gasteiger partial charge in [-0.05, 0) is 44.5 Å². The highest BCUT2D eigenvalue weighted by atomic mass is 32.2. The summed E-state index contributed by atoms with van der Waals surface area (Å²) in [5.41, 5.74) is 5.39. The van der Waals surface area contributed by atoms with Gasteiger partial charge in [-0.2, -0.15) is 0 Å². The van der Waals surface area contributed by atoms with Gasteiger partial charge in [0, 0.05) is 18.0 Å². The Kier molecular flexibility index (Phi) is 5.84. The lowest BCUT2D eigenvalue weighted by Crippen LogP contribution is -2.14. The summed E-state index contributed by atoms with van der Waals surface area (Å²) < 4.78 is 2.64. The van der Waals surface area contributed by atoms with Crippen LogP contribution < -0.4 is 10.2 Å². The van der Waals surface area contributed by atoms with Gasteiger partial charge in [-0.1, -0.05) is 40.7 Å². The second-order valence-corrected chi connectivity index (χ2v) is 8.31. The van der Waals surface area contributed by atoms with Crippen LogP contribution in [0.2, 0.25) is 0 Å². The molecule has 0 unspecified atom stereocenters. The monoisotopic (exact) mass is 386 g/mol. The van der Waals surface area contributed by atoms with E-state index in [1.165, 1.54) is 28.0 Å². The smallest absolute Gasteiger partial charge is 0.308 e. The van der Waals surface area contributed by atoms with Crippen LogP contribution in [0.3, 0.4) is 0 Å². The third kappa shape index (κ3) is 4.37. The zero-order chi connectivity index (χ0) is 18.7. The molecule has 0 radical (unpaired) electrons. The fraction of sp³-hybridized carbons (Fsp3) is 0.300. The van der Waals surface area contributed by atoms with Gasteiger partial charge in [0.1, 0.15) is 0 Å². The van der Waals surface area contributed by atoms with Crippen molar-refractivity contribution in [3.63, 3.8) is 0 Å². The van der Waals surface area contributed by atoms with E-state index >= 15 is 0 Å². The number of nitrogens with one attached hydrogen (secondary N) is 1. The summed E-state index contributed by atoms with van der Waals surface area (Å²) in [5, 5.41) is 2.93. The number of amides is 1. The normalized spacial score (nSPS) is 11.0. The second-order valence-electron chi connectivity index (χ2n) is 6.33. The predicted octanol–water partition coefficient (Wildman–Crippen LogP) is 4.57. The minimum atomic E-state index is -0.0269. The number of aromatic nitrogens is 1. The molecule has 0 saturated heterocycles. The van der Waals surface area contributed by atoms with Gasteiger partial charge in [-0.3, -0.25) is 14.2 Å². The topological polar surface area (TPSA) is 51.1 Å². The Balaban J connectivity index is 1.59. The van der Waals surface area contributed by atoms with Crippen molar-refractivity contribution in [3.05, 3.63) is 62.8 Å². The van der Waals surface area contributed by atoms with Crippen LogP contribution >= 0.6 is 23.1 Å². The Labute approximate surface area is 161 Å². The van der Waals surface area contributed by atoms with Gasteiger partial charge in [0.25, 0.3) is 0 Å². The lowest BCUT2D eigenvalue weighted by molar-refractivity contribution is -0.113. The first-order chi connectivity index (χ1) is 12.5. The van der Waals surface area contributed by atoms with Crippen LogP contribution in [0.4, 0.5) is 5.69 Å². The molecule has 0 aliphatic carbocycles. The summed E-state index contributed by atoms with van der Waals surface area (Å²) in [6, 6.07) is 12.1. The molecule has 3 aromatic rings. The van der Waals surface area contributed by atoms with Crippen molar-refractivity contribution in [2.24, 2.45) is 0 Å². The van der Waals surface area contributed by atoms with E-state index in [4.69, 9.17) is 0 Å². The van der Waals surface area contributed by atoms with Crippen LogP contribution in [0.15, 0.2) is 41.2 Å². The molecule has 1 heterocycles. The maximum Gasteiger partial charge on any atom is 0.308 e. The summed E-state index contributed by atoms with van der Waals surface area (Å²) >= 11 is 2.81. The average Bonchev–Trinajstić information content (AvgIpc) is 2.88. The van der Waals surface area contributed by atoms with Crippen LogP contribution in [0, 0.1) is 13.8 Å². The third-order valence-corrected chi connectivity index (χ3v) is 6.00. The van der Waals surface area contributed by atoms with E-state index in [0.717, 1.165) is 21.7 Å². The zero-order valence-electron chi connectivity index (χ0n) is 15.2. The van der Waals surface area contributed by atoms with Crippen molar-refractivity contribution in [3.8, 4) is 0 Å². The summed E-state index contributed by atoms with van der Waals surface area (Å²) in [6.07, 6.45) is 0. The molecule has 4 nitrogen and oxygen atoms in total. The van der Waals surface area contributed by atoms with Crippen LogP contribution in [0.5, 0.6) is 0 Å². The molecule has 26 heavy (non-hydrogen) atoms. The Morgan fingerprint density at radius 3 is 2.58 bits per heavy atom. The Morgan fingerprint density at radius 1 is 1.15 bits per heavy atom. The number of hydrogen-bond acceptors (Lipinski definition) is 4. The Hall–Kier alpha value is -2.05.